The molecule has 2 rings (SSSR count). The van der Waals surface area contributed by atoms with Gasteiger partial charge in [0, 0.05) is 19.2 Å². The molecule has 0 aromatic carbocycles. The van der Waals surface area contributed by atoms with Gasteiger partial charge in [0.1, 0.15) is 0 Å². The van der Waals surface area contributed by atoms with E-state index in [-0.39, 0.29) is 0 Å². The molecule has 2 heteroatoms. The topological polar surface area (TPSA) is 12.5 Å². The fraction of sp³-hybridized carbons (Fsp3) is 0.778. The SMILES string of the molecule is COC1CC2C=CC(C1)N2C. The van der Waals surface area contributed by atoms with Crippen molar-refractivity contribution in [3.05, 3.63) is 12.2 Å². The second-order valence-electron chi connectivity index (χ2n) is 3.51. The molecular weight excluding hydrogens is 138 g/mol. The average Bonchev–Trinajstić information content (AvgIpc) is 2.26. The van der Waals surface area contributed by atoms with Gasteiger partial charge in [-0.25, -0.2) is 0 Å². The normalized spacial score (nSPS) is 43.3. The van der Waals surface area contributed by atoms with E-state index < -0.39 is 0 Å². The third kappa shape index (κ3) is 1.10. The van der Waals surface area contributed by atoms with Gasteiger partial charge >= 0.3 is 0 Å². The summed E-state index contributed by atoms with van der Waals surface area (Å²) >= 11 is 0. The lowest BCUT2D eigenvalue weighted by atomic mass is 10.00. The van der Waals surface area contributed by atoms with Crippen molar-refractivity contribution in [1.29, 1.82) is 0 Å². The monoisotopic (exact) mass is 153 g/mol. The van der Waals surface area contributed by atoms with Crippen LogP contribution < -0.4 is 0 Å². The molecule has 0 aliphatic carbocycles. The molecule has 2 aliphatic heterocycles. The lowest BCUT2D eigenvalue weighted by Gasteiger charge is -2.35. The first-order valence-corrected chi connectivity index (χ1v) is 4.24. The molecule has 0 aromatic heterocycles. The molecule has 0 amide bonds. The first-order chi connectivity index (χ1) is 5.31. The number of nitrogens with zero attached hydrogens (tertiary/aromatic N) is 1. The molecule has 2 nitrogen and oxygen atoms in total. The zero-order valence-corrected chi connectivity index (χ0v) is 7.16. The van der Waals surface area contributed by atoms with E-state index >= 15 is 0 Å². The first-order valence-electron chi connectivity index (χ1n) is 4.24. The number of fused-ring (bicyclic) bond motifs is 2. The van der Waals surface area contributed by atoms with Crippen molar-refractivity contribution >= 4 is 0 Å². The van der Waals surface area contributed by atoms with Gasteiger partial charge in [0.15, 0.2) is 0 Å². The molecule has 0 aromatic rings. The fourth-order valence-electron chi connectivity index (χ4n) is 2.09. The Labute approximate surface area is 67.8 Å². The van der Waals surface area contributed by atoms with E-state index in [1.165, 1.54) is 12.8 Å². The van der Waals surface area contributed by atoms with Crippen LogP contribution in [-0.4, -0.2) is 37.2 Å². The van der Waals surface area contributed by atoms with E-state index in [2.05, 4.69) is 24.1 Å². The van der Waals surface area contributed by atoms with Crippen molar-refractivity contribution in [3.63, 3.8) is 0 Å². The van der Waals surface area contributed by atoms with Crippen LogP contribution in [0.1, 0.15) is 12.8 Å². The summed E-state index contributed by atoms with van der Waals surface area (Å²) in [4.78, 5) is 2.43. The van der Waals surface area contributed by atoms with E-state index in [1.54, 1.807) is 0 Å². The van der Waals surface area contributed by atoms with Gasteiger partial charge in [0.2, 0.25) is 0 Å². The van der Waals surface area contributed by atoms with Crippen LogP contribution in [0, 0.1) is 0 Å². The van der Waals surface area contributed by atoms with E-state index in [0.717, 1.165) is 0 Å². The largest absolute Gasteiger partial charge is 0.381 e. The van der Waals surface area contributed by atoms with Crippen LogP contribution in [0.25, 0.3) is 0 Å². The van der Waals surface area contributed by atoms with Crippen LogP contribution in [0.15, 0.2) is 12.2 Å². The summed E-state index contributed by atoms with van der Waals surface area (Å²) in [7, 11) is 4.01. The van der Waals surface area contributed by atoms with Crippen molar-refractivity contribution in [2.24, 2.45) is 0 Å². The van der Waals surface area contributed by atoms with Crippen LogP contribution in [-0.2, 0) is 4.74 Å². The molecule has 0 saturated carbocycles. The van der Waals surface area contributed by atoms with E-state index in [4.69, 9.17) is 4.74 Å². The second-order valence-corrected chi connectivity index (χ2v) is 3.51. The third-order valence-corrected chi connectivity index (χ3v) is 2.94. The minimum absolute atomic E-state index is 0.483. The smallest absolute Gasteiger partial charge is 0.0607 e. The lowest BCUT2D eigenvalue weighted by Crippen LogP contribution is -2.43. The first kappa shape index (κ1) is 7.32. The van der Waals surface area contributed by atoms with Crippen molar-refractivity contribution in [2.45, 2.75) is 31.0 Å². The van der Waals surface area contributed by atoms with Gasteiger partial charge in [-0.1, -0.05) is 12.2 Å². The van der Waals surface area contributed by atoms with E-state index in [9.17, 15) is 0 Å². The number of hydrogen-bond acceptors (Lipinski definition) is 2. The van der Waals surface area contributed by atoms with Gasteiger partial charge < -0.3 is 4.74 Å². The van der Waals surface area contributed by atoms with Crippen molar-refractivity contribution in [3.8, 4) is 0 Å². The Bertz CT molecular complexity index is 162. The minimum atomic E-state index is 0.483. The van der Waals surface area contributed by atoms with Crippen LogP contribution in [0.3, 0.4) is 0 Å². The quantitative estimate of drug-likeness (QED) is 0.522. The highest BCUT2D eigenvalue weighted by Crippen LogP contribution is 2.29. The molecule has 0 N–H and O–H groups in total. The zero-order chi connectivity index (χ0) is 7.84. The number of likely N-dealkylation sites (N-methyl/N-ethyl adjacent to an activating group) is 1. The fourth-order valence-corrected chi connectivity index (χ4v) is 2.09. The molecule has 2 bridgehead atoms. The highest BCUT2D eigenvalue weighted by Gasteiger charge is 2.34. The van der Waals surface area contributed by atoms with Crippen molar-refractivity contribution in [2.75, 3.05) is 14.2 Å². The number of ether oxygens (including phenoxy) is 1. The Hall–Kier alpha value is -0.340. The Morgan fingerprint density at radius 3 is 2.27 bits per heavy atom. The lowest BCUT2D eigenvalue weighted by molar-refractivity contribution is 0.0224. The standard InChI is InChI=1S/C9H15NO/c1-10-7-3-4-8(10)6-9(5-7)11-2/h3-4,7-9H,5-6H2,1-2H3. The van der Waals surface area contributed by atoms with E-state index in [1.807, 2.05) is 7.11 Å². The summed E-state index contributed by atoms with van der Waals surface area (Å²) < 4.78 is 5.35. The third-order valence-electron chi connectivity index (χ3n) is 2.94. The summed E-state index contributed by atoms with van der Waals surface area (Å²) in [5.41, 5.74) is 0. The maximum atomic E-state index is 5.35. The van der Waals surface area contributed by atoms with Crippen LogP contribution in [0.2, 0.25) is 0 Å². The van der Waals surface area contributed by atoms with Crippen LogP contribution in [0.4, 0.5) is 0 Å². The molecule has 2 unspecified atom stereocenters. The molecule has 11 heavy (non-hydrogen) atoms. The Morgan fingerprint density at radius 1 is 1.27 bits per heavy atom. The summed E-state index contributed by atoms with van der Waals surface area (Å²) in [6.07, 6.45) is 7.43. The summed E-state index contributed by atoms with van der Waals surface area (Å²) in [5, 5.41) is 0. The Balaban J connectivity index is 2.06. The minimum Gasteiger partial charge on any atom is -0.381 e. The van der Waals surface area contributed by atoms with Crippen LogP contribution >= 0.6 is 0 Å². The zero-order valence-electron chi connectivity index (χ0n) is 7.16. The molecule has 2 aliphatic rings. The maximum absolute atomic E-state index is 5.35. The number of piperidine rings is 1. The van der Waals surface area contributed by atoms with Gasteiger partial charge in [-0.15, -0.1) is 0 Å². The van der Waals surface area contributed by atoms with Gasteiger partial charge in [0.05, 0.1) is 6.10 Å². The molecule has 1 saturated heterocycles. The Kier molecular flexibility index (Phi) is 1.74. The van der Waals surface area contributed by atoms with Crippen molar-refractivity contribution < 1.29 is 4.74 Å². The number of rotatable bonds is 1. The summed E-state index contributed by atoms with van der Waals surface area (Å²) in [6, 6.07) is 1.28. The highest BCUT2D eigenvalue weighted by atomic mass is 16.5. The molecule has 2 atom stereocenters. The van der Waals surface area contributed by atoms with Crippen molar-refractivity contribution in [1.82, 2.24) is 4.90 Å². The number of hydrogen-bond donors (Lipinski definition) is 0. The molecule has 0 spiro atoms. The van der Waals surface area contributed by atoms with Gasteiger partial charge in [-0.2, -0.15) is 0 Å². The predicted octanol–water partition coefficient (Wildman–Crippen LogP) is 1.03. The van der Waals surface area contributed by atoms with Gasteiger partial charge in [0.25, 0.3) is 0 Å². The Morgan fingerprint density at radius 2 is 1.82 bits per heavy atom. The summed E-state index contributed by atoms with van der Waals surface area (Å²) in [6.45, 7) is 0. The van der Waals surface area contributed by atoms with Gasteiger partial charge in [-0.3, -0.25) is 4.90 Å². The van der Waals surface area contributed by atoms with Crippen LogP contribution in [0.5, 0.6) is 0 Å². The second kappa shape index (κ2) is 2.61. The molecule has 2 heterocycles. The number of methoxy groups -OCH3 is 1. The average molecular weight is 153 g/mol. The predicted molar refractivity (Wildman–Crippen MR) is 44.5 cm³/mol. The highest BCUT2D eigenvalue weighted by molar-refractivity contribution is 5.13. The van der Waals surface area contributed by atoms with Gasteiger partial charge in [-0.05, 0) is 19.9 Å². The molecular formula is C9H15NO. The molecule has 62 valence electrons. The maximum Gasteiger partial charge on any atom is 0.0607 e. The molecule has 1 fully saturated rings. The summed E-state index contributed by atoms with van der Waals surface area (Å²) in [5.74, 6) is 0. The molecule has 0 radical (unpaired) electrons. The van der Waals surface area contributed by atoms with E-state index in [0.29, 0.717) is 18.2 Å².